The second kappa shape index (κ2) is 7.17. The number of aliphatic hydroxyl groups excluding tert-OH is 1. The highest BCUT2D eigenvalue weighted by Gasteiger charge is 2.36. The van der Waals surface area contributed by atoms with Crippen molar-refractivity contribution in [2.75, 3.05) is 22.5 Å². The molecule has 5 N–H and O–H groups in total. The molecule has 0 bridgehead atoms. The summed E-state index contributed by atoms with van der Waals surface area (Å²) in [7, 11) is 0. The molecule has 3 aromatic rings. The fourth-order valence-electron chi connectivity index (χ4n) is 3.78. The molecule has 30 heavy (non-hydrogen) atoms. The second-order valence-corrected chi connectivity index (χ2v) is 7.65. The van der Waals surface area contributed by atoms with Crippen LogP contribution in [0.3, 0.4) is 0 Å². The summed E-state index contributed by atoms with van der Waals surface area (Å²) in [6.07, 6.45) is 1.73. The van der Waals surface area contributed by atoms with Crippen LogP contribution in [0, 0.1) is 11.6 Å². The molecule has 3 heterocycles. The molecule has 156 valence electrons. The predicted octanol–water partition coefficient (Wildman–Crippen LogP) is 2.39. The number of aromatic amines is 1. The molecule has 11 heteroatoms. The van der Waals surface area contributed by atoms with Crippen molar-refractivity contribution in [2.24, 2.45) is 0 Å². The molecule has 0 spiro atoms. The number of rotatable bonds is 5. The third-order valence-corrected chi connectivity index (χ3v) is 5.35. The Bertz CT molecular complexity index is 1090. The number of nitrogen functional groups attached to an aromatic ring is 1. The Hall–Kier alpha value is -3.34. The maximum atomic E-state index is 14.4. The molecule has 2 unspecified atom stereocenters. The first-order valence-corrected chi connectivity index (χ1v) is 9.70. The Labute approximate surface area is 170 Å². The van der Waals surface area contributed by atoms with Crippen LogP contribution in [0.5, 0.6) is 0 Å². The van der Waals surface area contributed by atoms with Gasteiger partial charge in [0.2, 0.25) is 17.8 Å². The van der Waals surface area contributed by atoms with Crippen LogP contribution in [-0.2, 0) is 0 Å². The van der Waals surface area contributed by atoms with Crippen LogP contribution < -0.4 is 16.0 Å². The summed E-state index contributed by atoms with van der Waals surface area (Å²) in [6.45, 7) is 0.151. The zero-order valence-electron chi connectivity index (χ0n) is 15.9. The highest BCUT2D eigenvalue weighted by molar-refractivity contribution is 5.53. The number of β-amino-alcohol motifs (C(OH)–C–C–N with tert-alkyl or cyclic N) is 1. The van der Waals surface area contributed by atoms with E-state index in [-0.39, 0.29) is 36.4 Å². The van der Waals surface area contributed by atoms with Gasteiger partial charge in [-0.25, -0.2) is 8.78 Å². The minimum Gasteiger partial charge on any atom is -0.391 e. The lowest BCUT2D eigenvalue weighted by Gasteiger charge is -2.25. The average molecular weight is 414 g/mol. The fraction of sp³-hybridized carbons (Fsp3) is 0.368. The van der Waals surface area contributed by atoms with Gasteiger partial charge in [0, 0.05) is 29.8 Å². The third-order valence-electron chi connectivity index (χ3n) is 5.35. The van der Waals surface area contributed by atoms with E-state index in [4.69, 9.17) is 5.73 Å². The molecule has 2 aromatic heterocycles. The zero-order valence-corrected chi connectivity index (χ0v) is 15.9. The van der Waals surface area contributed by atoms with Crippen LogP contribution in [0.2, 0.25) is 0 Å². The number of anilines is 4. The standard InChI is InChI=1S/C19H20F2N8O/c20-10-3-4-13(21)12(5-10)15-6-11(30)8-29(15)19-25-17(22)24-18(26-19)23-16-7-14(27-28-16)9-1-2-9/h3-5,7,9,11,15,30H,1-2,6,8H2,(H4,22,23,24,25,26,27,28). The lowest BCUT2D eigenvalue weighted by atomic mass is 10.0. The highest BCUT2D eigenvalue weighted by atomic mass is 19.1. The van der Waals surface area contributed by atoms with Crippen molar-refractivity contribution in [2.45, 2.75) is 37.3 Å². The van der Waals surface area contributed by atoms with Crippen molar-refractivity contribution in [3.63, 3.8) is 0 Å². The first-order valence-electron chi connectivity index (χ1n) is 9.70. The van der Waals surface area contributed by atoms with Crippen LogP contribution in [0.25, 0.3) is 0 Å². The van der Waals surface area contributed by atoms with E-state index in [2.05, 4.69) is 30.5 Å². The van der Waals surface area contributed by atoms with Crippen molar-refractivity contribution in [1.82, 2.24) is 25.1 Å². The second-order valence-electron chi connectivity index (χ2n) is 7.65. The normalized spacial score (nSPS) is 21.2. The van der Waals surface area contributed by atoms with Crippen LogP contribution in [0.4, 0.5) is 32.4 Å². The van der Waals surface area contributed by atoms with Gasteiger partial charge < -0.3 is 21.1 Å². The largest absolute Gasteiger partial charge is 0.391 e. The first kappa shape index (κ1) is 18.7. The molecular formula is C19H20F2N8O. The molecule has 2 atom stereocenters. The topological polar surface area (TPSA) is 129 Å². The highest BCUT2D eigenvalue weighted by Crippen LogP contribution is 2.40. The molecule has 1 aliphatic heterocycles. The quantitative estimate of drug-likeness (QED) is 0.501. The Morgan fingerprint density at radius 3 is 2.80 bits per heavy atom. The number of aliphatic hydroxyl groups is 1. The maximum Gasteiger partial charge on any atom is 0.235 e. The summed E-state index contributed by atoms with van der Waals surface area (Å²) in [5.41, 5.74) is 7.03. The molecule has 1 saturated carbocycles. The Morgan fingerprint density at radius 1 is 1.17 bits per heavy atom. The fourth-order valence-corrected chi connectivity index (χ4v) is 3.78. The first-order chi connectivity index (χ1) is 14.5. The van der Waals surface area contributed by atoms with Gasteiger partial charge in [-0.15, -0.1) is 0 Å². The van der Waals surface area contributed by atoms with E-state index in [9.17, 15) is 13.9 Å². The number of hydrogen-bond acceptors (Lipinski definition) is 8. The van der Waals surface area contributed by atoms with Gasteiger partial charge in [0.25, 0.3) is 0 Å². The molecule has 2 fully saturated rings. The summed E-state index contributed by atoms with van der Waals surface area (Å²) in [4.78, 5) is 14.2. The van der Waals surface area contributed by atoms with Crippen molar-refractivity contribution >= 4 is 23.7 Å². The van der Waals surface area contributed by atoms with Gasteiger partial charge in [0.05, 0.1) is 12.1 Å². The molecular weight excluding hydrogens is 394 g/mol. The van der Waals surface area contributed by atoms with Gasteiger partial charge in [0.1, 0.15) is 11.6 Å². The van der Waals surface area contributed by atoms with E-state index in [1.165, 1.54) is 0 Å². The smallest absolute Gasteiger partial charge is 0.235 e. The summed E-state index contributed by atoms with van der Waals surface area (Å²) < 4.78 is 28.1. The predicted molar refractivity (Wildman–Crippen MR) is 105 cm³/mol. The monoisotopic (exact) mass is 414 g/mol. The molecule has 1 aromatic carbocycles. The number of halogens is 2. The van der Waals surface area contributed by atoms with E-state index >= 15 is 0 Å². The van der Waals surface area contributed by atoms with E-state index in [0.717, 1.165) is 36.7 Å². The van der Waals surface area contributed by atoms with Crippen LogP contribution in [-0.4, -0.2) is 42.9 Å². The molecule has 5 rings (SSSR count). The number of H-pyrrole nitrogens is 1. The van der Waals surface area contributed by atoms with E-state index < -0.39 is 23.8 Å². The van der Waals surface area contributed by atoms with E-state index in [1.807, 2.05) is 6.07 Å². The SMILES string of the molecule is Nc1nc(Nc2cc(C3CC3)[nH]n2)nc(N2CC(O)CC2c2cc(F)ccc2F)n1. The summed E-state index contributed by atoms with van der Waals surface area (Å²) >= 11 is 0. The van der Waals surface area contributed by atoms with Crippen LogP contribution in [0.1, 0.15) is 42.5 Å². The van der Waals surface area contributed by atoms with Crippen LogP contribution >= 0.6 is 0 Å². The van der Waals surface area contributed by atoms with Crippen LogP contribution in [0.15, 0.2) is 24.3 Å². The number of aromatic nitrogens is 5. The van der Waals surface area contributed by atoms with Gasteiger partial charge in [-0.05, 0) is 37.5 Å². The van der Waals surface area contributed by atoms with Gasteiger partial charge in [-0.2, -0.15) is 20.1 Å². The van der Waals surface area contributed by atoms with Crippen molar-refractivity contribution in [3.8, 4) is 0 Å². The van der Waals surface area contributed by atoms with Crippen molar-refractivity contribution < 1.29 is 13.9 Å². The number of nitrogens with one attached hydrogen (secondary N) is 2. The summed E-state index contributed by atoms with van der Waals surface area (Å²) in [5, 5.41) is 20.4. The zero-order chi connectivity index (χ0) is 20.8. The maximum absolute atomic E-state index is 14.4. The molecule has 9 nitrogen and oxygen atoms in total. The number of nitrogens with zero attached hydrogens (tertiary/aromatic N) is 5. The Morgan fingerprint density at radius 2 is 2.00 bits per heavy atom. The lowest BCUT2D eigenvalue weighted by Crippen LogP contribution is -2.27. The summed E-state index contributed by atoms with van der Waals surface area (Å²) in [5.74, 6) is 0.225. The molecule has 1 saturated heterocycles. The molecule has 0 radical (unpaired) electrons. The third kappa shape index (κ3) is 3.63. The Balaban J connectivity index is 1.45. The van der Waals surface area contributed by atoms with Gasteiger partial charge in [-0.1, -0.05) is 0 Å². The van der Waals surface area contributed by atoms with Gasteiger partial charge in [-0.3, -0.25) is 5.10 Å². The minimum absolute atomic E-state index is 0.0414. The van der Waals surface area contributed by atoms with E-state index in [0.29, 0.717) is 11.7 Å². The molecule has 2 aliphatic rings. The molecule has 1 aliphatic carbocycles. The Kier molecular flexibility index (Phi) is 4.46. The number of hydrogen-bond donors (Lipinski definition) is 4. The molecule has 0 amide bonds. The van der Waals surface area contributed by atoms with E-state index in [1.54, 1.807) is 4.90 Å². The van der Waals surface area contributed by atoms with Crippen molar-refractivity contribution in [3.05, 3.63) is 47.2 Å². The van der Waals surface area contributed by atoms with Crippen molar-refractivity contribution in [1.29, 1.82) is 0 Å². The lowest BCUT2D eigenvalue weighted by molar-refractivity contribution is 0.194. The van der Waals surface area contributed by atoms with Gasteiger partial charge >= 0.3 is 0 Å². The van der Waals surface area contributed by atoms with Gasteiger partial charge in [0.15, 0.2) is 5.82 Å². The average Bonchev–Trinajstić information content (AvgIpc) is 3.33. The minimum atomic E-state index is -0.750. The number of benzene rings is 1. The number of nitrogens with two attached hydrogens (primary N) is 1. The summed E-state index contributed by atoms with van der Waals surface area (Å²) in [6, 6.07) is 4.49.